The molecule has 112 valence electrons. The predicted octanol–water partition coefficient (Wildman–Crippen LogP) is 3.87. The summed E-state index contributed by atoms with van der Waals surface area (Å²) in [6, 6.07) is 12.3. The fourth-order valence-electron chi connectivity index (χ4n) is 2.65. The number of ether oxygens (including phenoxy) is 1. The van der Waals surface area contributed by atoms with Crippen molar-refractivity contribution in [3.05, 3.63) is 59.4 Å². The monoisotopic (exact) mass is 293 g/mol. The van der Waals surface area contributed by atoms with Gasteiger partial charge in [-0.3, -0.25) is 0 Å². The maximum absolute atomic E-state index is 5.30. The summed E-state index contributed by atoms with van der Waals surface area (Å²) in [5, 5.41) is 4.50. The van der Waals surface area contributed by atoms with Gasteiger partial charge in [-0.2, -0.15) is 0 Å². The predicted molar refractivity (Wildman–Crippen MR) is 89.3 cm³/mol. The van der Waals surface area contributed by atoms with Crippen LogP contribution in [0.3, 0.4) is 0 Å². The van der Waals surface area contributed by atoms with Crippen LogP contribution in [0.15, 0.2) is 42.7 Å². The van der Waals surface area contributed by atoms with Gasteiger partial charge in [0.25, 0.3) is 0 Å². The molecule has 0 unspecified atom stereocenters. The van der Waals surface area contributed by atoms with Crippen molar-refractivity contribution in [2.24, 2.45) is 0 Å². The van der Waals surface area contributed by atoms with Crippen molar-refractivity contribution in [2.45, 2.75) is 20.4 Å². The van der Waals surface area contributed by atoms with Crippen LogP contribution in [0, 0.1) is 13.8 Å². The van der Waals surface area contributed by atoms with Crippen LogP contribution < -0.4 is 10.1 Å². The Bertz CT molecular complexity index is 809. The Morgan fingerprint density at radius 1 is 1.05 bits per heavy atom. The van der Waals surface area contributed by atoms with E-state index in [0.29, 0.717) is 6.54 Å². The Morgan fingerprint density at radius 2 is 1.91 bits per heavy atom. The minimum atomic E-state index is 0.714. The van der Waals surface area contributed by atoms with Crippen molar-refractivity contribution in [1.82, 2.24) is 9.97 Å². The first-order valence-corrected chi connectivity index (χ1v) is 7.27. The molecule has 3 aromatic rings. The Morgan fingerprint density at radius 3 is 2.68 bits per heavy atom. The minimum absolute atomic E-state index is 0.714. The van der Waals surface area contributed by atoms with Crippen LogP contribution in [-0.4, -0.2) is 17.1 Å². The maximum atomic E-state index is 5.30. The fourth-order valence-corrected chi connectivity index (χ4v) is 2.65. The van der Waals surface area contributed by atoms with Crippen molar-refractivity contribution in [3.8, 4) is 5.75 Å². The molecule has 0 fully saturated rings. The van der Waals surface area contributed by atoms with Crippen molar-refractivity contribution in [3.63, 3.8) is 0 Å². The van der Waals surface area contributed by atoms with Crippen LogP contribution in [0.5, 0.6) is 5.75 Å². The maximum Gasteiger partial charge on any atom is 0.137 e. The zero-order chi connectivity index (χ0) is 15.5. The van der Waals surface area contributed by atoms with Gasteiger partial charge in [0, 0.05) is 11.9 Å². The van der Waals surface area contributed by atoms with Gasteiger partial charge in [0.15, 0.2) is 0 Å². The van der Waals surface area contributed by atoms with E-state index in [-0.39, 0.29) is 0 Å². The summed E-state index contributed by atoms with van der Waals surface area (Å²) >= 11 is 0. The summed E-state index contributed by atoms with van der Waals surface area (Å²) in [6.07, 6.45) is 1.60. The Kier molecular flexibility index (Phi) is 3.92. The van der Waals surface area contributed by atoms with Crippen LogP contribution in [0.25, 0.3) is 10.9 Å². The second kappa shape index (κ2) is 6.02. The lowest BCUT2D eigenvalue weighted by Crippen LogP contribution is -2.03. The first kappa shape index (κ1) is 14.3. The Balaban J connectivity index is 1.87. The lowest BCUT2D eigenvalue weighted by molar-refractivity contribution is 0.411. The smallest absolute Gasteiger partial charge is 0.137 e. The average Bonchev–Trinajstić information content (AvgIpc) is 2.53. The molecule has 0 spiro atoms. The fraction of sp³-hybridized carbons (Fsp3) is 0.222. The number of benzene rings is 2. The van der Waals surface area contributed by atoms with Crippen molar-refractivity contribution in [1.29, 1.82) is 0 Å². The van der Waals surface area contributed by atoms with E-state index in [0.717, 1.165) is 28.0 Å². The second-order valence-electron chi connectivity index (χ2n) is 5.35. The number of methoxy groups -OCH3 is 1. The van der Waals surface area contributed by atoms with Crippen LogP contribution in [0.1, 0.15) is 16.7 Å². The third kappa shape index (κ3) is 2.72. The second-order valence-corrected chi connectivity index (χ2v) is 5.35. The van der Waals surface area contributed by atoms with E-state index < -0.39 is 0 Å². The van der Waals surface area contributed by atoms with Gasteiger partial charge in [0.2, 0.25) is 0 Å². The number of rotatable bonds is 4. The number of hydrogen-bond acceptors (Lipinski definition) is 4. The number of anilines is 1. The average molecular weight is 293 g/mol. The van der Waals surface area contributed by atoms with E-state index in [9.17, 15) is 0 Å². The molecule has 0 amide bonds. The van der Waals surface area contributed by atoms with E-state index >= 15 is 0 Å². The molecular formula is C18H19N3O. The molecule has 0 radical (unpaired) electrons. The molecule has 3 rings (SSSR count). The van der Waals surface area contributed by atoms with E-state index in [4.69, 9.17) is 4.74 Å². The normalized spacial score (nSPS) is 10.7. The molecule has 4 nitrogen and oxygen atoms in total. The molecule has 22 heavy (non-hydrogen) atoms. The summed E-state index contributed by atoms with van der Waals surface area (Å²) in [5.41, 5.74) is 4.46. The van der Waals surface area contributed by atoms with Gasteiger partial charge in [-0.25, -0.2) is 9.97 Å². The van der Waals surface area contributed by atoms with Gasteiger partial charge in [-0.1, -0.05) is 24.3 Å². The molecule has 0 saturated heterocycles. The quantitative estimate of drug-likeness (QED) is 0.793. The Hall–Kier alpha value is -2.62. The number of nitrogens with one attached hydrogen (secondary N) is 1. The summed E-state index contributed by atoms with van der Waals surface area (Å²) in [6.45, 7) is 4.84. The number of fused-ring (bicyclic) bond motifs is 1. The van der Waals surface area contributed by atoms with Crippen LogP contribution in [0.4, 0.5) is 5.82 Å². The first-order chi connectivity index (χ1) is 10.7. The molecule has 0 bridgehead atoms. The number of aryl methyl sites for hydroxylation is 2. The van der Waals surface area contributed by atoms with Gasteiger partial charge in [-0.15, -0.1) is 0 Å². The van der Waals surface area contributed by atoms with Crippen molar-refractivity contribution >= 4 is 16.7 Å². The molecule has 4 heteroatoms. The molecule has 0 atom stereocenters. The van der Waals surface area contributed by atoms with Gasteiger partial charge < -0.3 is 10.1 Å². The van der Waals surface area contributed by atoms with Crippen LogP contribution >= 0.6 is 0 Å². The third-order valence-electron chi connectivity index (χ3n) is 3.79. The lowest BCUT2D eigenvalue weighted by atomic mass is 10.1. The van der Waals surface area contributed by atoms with E-state index in [1.807, 2.05) is 25.1 Å². The zero-order valence-electron chi connectivity index (χ0n) is 13.1. The highest BCUT2D eigenvalue weighted by molar-refractivity contribution is 5.91. The molecule has 1 N–H and O–H groups in total. The first-order valence-electron chi connectivity index (χ1n) is 7.27. The topological polar surface area (TPSA) is 47.0 Å². The largest absolute Gasteiger partial charge is 0.496 e. The summed E-state index contributed by atoms with van der Waals surface area (Å²) in [5.74, 6) is 1.78. The number of hydrogen-bond donors (Lipinski definition) is 1. The molecule has 1 heterocycles. The number of aromatic nitrogens is 2. The highest BCUT2D eigenvalue weighted by Crippen LogP contribution is 2.24. The number of nitrogens with zero attached hydrogens (tertiary/aromatic N) is 2. The van der Waals surface area contributed by atoms with E-state index in [2.05, 4.69) is 40.4 Å². The van der Waals surface area contributed by atoms with Crippen LogP contribution in [0.2, 0.25) is 0 Å². The Labute approximate surface area is 130 Å². The minimum Gasteiger partial charge on any atom is -0.496 e. The molecule has 0 aliphatic rings. The third-order valence-corrected chi connectivity index (χ3v) is 3.79. The highest BCUT2D eigenvalue weighted by atomic mass is 16.5. The standard InChI is InChI=1S/C18H19N3O/c1-12-5-4-6-15-17(12)18(21-11-20-15)19-10-14-7-8-16(22-3)13(2)9-14/h4-9,11H,10H2,1-3H3,(H,19,20,21). The molecule has 2 aromatic carbocycles. The molecule has 0 aliphatic heterocycles. The van der Waals surface area contributed by atoms with Gasteiger partial charge in [-0.05, 0) is 42.7 Å². The molecule has 0 saturated carbocycles. The molecule has 0 aliphatic carbocycles. The van der Waals surface area contributed by atoms with Gasteiger partial charge in [0.05, 0.1) is 12.6 Å². The van der Waals surface area contributed by atoms with E-state index in [1.165, 1.54) is 11.1 Å². The van der Waals surface area contributed by atoms with Crippen LogP contribution in [-0.2, 0) is 6.54 Å². The highest BCUT2D eigenvalue weighted by Gasteiger charge is 2.06. The van der Waals surface area contributed by atoms with Gasteiger partial charge in [0.1, 0.15) is 17.9 Å². The van der Waals surface area contributed by atoms with Gasteiger partial charge >= 0.3 is 0 Å². The van der Waals surface area contributed by atoms with Crippen molar-refractivity contribution in [2.75, 3.05) is 12.4 Å². The summed E-state index contributed by atoms with van der Waals surface area (Å²) < 4.78 is 5.30. The van der Waals surface area contributed by atoms with Crippen molar-refractivity contribution < 1.29 is 4.74 Å². The SMILES string of the molecule is COc1ccc(CNc2ncnc3cccc(C)c23)cc1C. The summed E-state index contributed by atoms with van der Waals surface area (Å²) in [7, 11) is 1.69. The molecular weight excluding hydrogens is 274 g/mol. The zero-order valence-corrected chi connectivity index (χ0v) is 13.1. The van der Waals surface area contributed by atoms with E-state index in [1.54, 1.807) is 13.4 Å². The molecule has 1 aromatic heterocycles. The summed E-state index contributed by atoms with van der Waals surface area (Å²) in [4.78, 5) is 8.72. The lowest BCUT2D eigenvalue weighted by Gasteiger charge is -2.11.